The molecule has 1 saturated carbocycles. The van der Waals surface area contributed by atoms with Crippen LogP contribution in [0.5, 0.6) is 0 Å². The second-order valence-corrected chi connectivity index (χ2v) is 6.03. The van der Waals surface area contributed by atoms with Crippen LogP contribution >= 0.6 is 0 Å². The van der Waals surface area contributed by atoms with Gasteiger partial charge in [0.2, 0.25) is 0 Å². The molecule has 1 fully saturated rings. The summed E-state index contributed by atoms with van der Waals surface area (Å²) in [5, 5.41) is 8.98. The Balaban J connectivity index is 1.91. The van der Waals surface area contributed by atoms with Gasteiger partial charge >= 0.3 is 5.97 Å². The van der Waals surface area contributed by atoms with Gasteiger partial charge < -0.3 is 14.4 Å². The van der Waals surface area contributed by atoms with Gasteiger partial charge in [0.15, 0.2) is 0 Å². The second kappa shape index (κ2) is 6.41. The van der Waals surface area contributed by atoms with Crippen LogP contribution in [0.4, 0.5) is 0 Å². The molecule has 0 spiro atoms. The molecule has 1 aromatic rings. The molecule has 5 nitrogen and oxygen atoms in total. The quantitative estimate of drug-likeness (QED) is 0.787. The average Bonchev–Trinajstić information content (AvgIpc) is 2.89. The Bertz CT molecular complexity index is 456. The van der Waals surface area contributed by atoms with E-state index in [1.807, 2.05) is 36.0 Å². The molecule has 1 N–H and O–H groups in total. The van der Waals surface area contributed by atoms with Gasteiger partial charge in [-0.25, -0.2) is 0 Å². The first-order valence-electron chi connectivity index (χ1n) is 7.13. The predicted molar refractivity (Wildman–Crippen MR) is 76.7 cm³/mol. The lowest BCUT2D eigenvalue weighted by atomic mass is 10.3. The van der Waals surface area contributed by atoms with Crippen LogP contribution in [0, 0.1) is 5.92 Å². The highest BCUT2D eigenvalue weighted by atomic mass is 16.4. The normalized spacial score (nSPS) is 21.6. The van der Waals surface area contributed by atoms with Crippen LogP contribution in [0.3, 0.4) is 0 Å². The highest BCUT2D eigenvalue weighted by molar-refractivity contribution is 5.69. The summed E-state index contributed by atoms with van der Waals surface area (Å²) in [6.45, 7) is 4.38. The maximum Gasteiger partial charge on any atom is 0.317 e. The lowest BCUT2D eigenvalue weighted by molar-refractivity contribution is -0.138. The molecule has 1 aliphatic carbocycles. The molecule has 1 aromatic heterocycles. The van der Waals surface area contributed by atoms with Gasteiger partial charge in [0.05, 0.1) is 13.1 Å². The molecule has 1 heterocycles. The van der Waals surface area contributed by atoms with Gasteiger partial charge in [0.1, 0.15) is 11.5 Å². The van der Waals surface area contributed by atoms with Crippen LogP contribution < -0.4 is 0 Å². The minimum Gasteiger partial charge on any atom is -0.480 e. The summed E-state index contributed by atoms with van der Waals surface area (Å²) < 4.78 is 5.85. The summed E-state index contributed by atoms with van der Waals surface area (Å²) in [7, 11) is 3.97. The monoisotopic (exact) mass is 280 g/mol. The van der Waals surface area contributed by atoms with Crippen LogP contribution in [-0.2, 0) is 11.3 Å². The summed E-state index contributed by atoms with van der Waals surface area (Å²) in [5.74, 6) is 2.40. The van der Waals surface area contributed by atoms with Crippen molar-refractivity contribution in [3.8, 4) is 0 Å². The maximum atomic E-state index is 10.9. The molecular formula is C15H24N2O3. The van der Waals surface area contributed by atoms with E-state index < -0.39 is 5.97 Å². The first kappa shape index (κ1) is 15.1. The molecule has 2 unspecified atom stereocenters. The molecule has 0 radical (unpaired) electrons. The van der Waals surface area contributed by atoms with E-state index in [-0.39, 0.29) is 6.54 Å². The van der Waals surface area contributed by atoms with E-state index in [9.17, 15) is 4.79 Å². The molecule has 0 saturated heterocycles. The molecule has 1 aliphatic rings. The minimum absolute atomic E-state index is 0.0453. The molecule has 0 amide bonds. The zero-order chi connectivity index (χ0) is 14.7. The van der Waals surface area contributed by atoms with Gasteiger partial charge in [0, 0.05) is 19.0 Å². The molecule has 0 aliphatic heterocycles. The van der Waals surface area contributed by atoms with Crippen LogP contribution in [0.2, 0.25) is 0 Å². The number of hydrogen-bond donors (Lipinski definition) is 1. The Morgan fingerprint density at radius 3 is 2.65 bits per heavy atom. The predicted octanol–water partition coefficient (Wildman–Crippen LogP) is 1.85. The van der Waals surface area contributed by atoms with E-state index in [2.05, 4.69) is 6.92 Å². The average molecular weight is 280 g/mol. The minimum atomic E-state index is -0.800. The molecule has 20 heavy (non-hydrogen) atoms. The van der Waals surface area contributed by atoms with Crippen molar-refractivity contribution in [3.05, 3.63) is 23.7 Å². The standard InChI is InChI=1S/C15H24N2O3/c1-11-8-13(11)14-5-4-12(20-14)9-17(10-15(18)19)7-6-16(2)3/h4-5,11,13H,6-10H2,1-3H3,(H,18,19). The van der Waals surface area contributed by atoms with Gasteiger partial charge in [-0.15, -0.1) is 0 Å². The Kier molecular flexibility index (Phi) is 4.83. The van der Waals surface area contributed by atoms with Gasteiger partial charge in [-0.1, -0.05) is 6.92 Å². The number of rotatable bonds is 8. The Morgan fingerprint density at radius 2 is 2.10 bits per heavy atom. The zero-order valence-electron chi connectivity index (χ0n) is 12.5. The molecule has 2 atom stereocenters. The van der Waals surface area contributed by atoms with Crippen LogP contribution in [0.25, 0.3) is 0 Å². The molecule has 5 heteroatoms. The highest BCUT2D eigenvalue weighted by Gasteiger charge is 2.36. The number of hydrogen-bond acceptors (Lipinski definition) is 4. The van der Waals surface area contributed by atoms with Crippen molar-refractivity contribution in [2.24, 2.45) is 5.92 Å². The Morgan fingerprint density at radius 1 is 1.40 bits per heavy atom. The number of carbonyl (C=O) groups is 1. The molecule has 2 rings (SSSR count). The third-order valence-electron chi connectivity index (χ3n) is 3.76. The number of nitrogens with zero attached hydrogens (tertiary/aromatic N) is 2. The summed E-state index contributed by atoms with van der Waals surface area (Å²) >= 11 is 0. The van der Waals surface area contributed by atoms with Crippen LogP contribution in [0.15, 0.2) is 16.5 Å². The van der Waals surface area contributed by atoms with Crippen molar-refractivity contribution in [3.63, 3.8) is 0 Å². The summed E-state index contributed by atoms with van der Waals surface area (Å²) in [4.78, 5) is 14.9. The van der Waals surface area contributed by atoms with Gasteiger partial charge in [-0.2, -0.15) is 0 Å². The topological polar surface area (TPSA) is 56.9 Å². The fraction of sp³-hybridized carbons (Fsp3) is 0.667. The van der Waals surface area contributed by atoms with Crippen molar-refractivity contribution in [2.75, 3.05) is 33.7 Å². The van der Waals surface area contributed by atoms with Gasteiger partial charge in [-0.05, 0) is 38.6 Å². The van der Waals surface area contributed by atoms with Gasteiger partial charge in [-0.3, -0.25) is 9.69 Å². The molecular weight excluding hydrogens is 256 g/mol. The molecule has 0 bridgehead atoms. The second-order valence-electron chi connectivity index (χ2n) is 6.03. The van der Waals surface area contributed by atoms with Crippen LogP contribution in [-0.4, -0.2) is 54.6 Å². The third kappa shape index (κ3) is 4.35. The SMILES string of the molecule is CC1CC1c1ccc(CN(CCN(C)C)CC(=O)O)o1. The van der Waals surface area contributed by atoms with E-state index in [0.717, 1.165) is 30.5 Å². The molecule has 0 aromatic carbocycles. The summed E-state index contributed by atoms with van der Waals surface area (Å²) in [6.07, 6.45) is 1.20. The lowest BCUT2D eigenvalue weighted by Crippen LogP contribution is -2.35. The zero-order valence-corrected chi connectivity index (χ0v) is 12.5. The Labute approximate surface area is 120 Å². The van der Waals surface area contributed by atoms with Crippen molar-refractivity contribution in [1.29, 1.82) is 0 Å². The summed E-state index contributed by atoms with van der Waals surface area (Å²) in [6, 6.07) is 4.01. The van der Waals surface area contributed by atoms with Crippen molar-refractivity contribution < 1.29 is 14.3 Å². The Hall–Kier alpha value is -1.33. The van der Waals surface area contributed by atoms with E-state index >= 15 is 0 Å². The van der Waals surface area contributed by atoms with E-state index in [1.165, 1.54) is 6.42 Å². The third-order valence-corrected chi connectivity index (χ3v) is 3.76. The smallest absolute Gasteiger partial charge is 0.317 e. The van der Waals surface area contributed by atoms with Crippen LogP contribution in [0.1, 0.15) is 30.8 Å². The van der Waals surface area contributed by atoms with Crippen molar-refractivity contribution >= 4 is 5.97 Å². The number of carboxylic acid groups (broad SMARTS) is 1. The maximum absolute atomic E-state index is 10.9. The number of carboxylic acids is 1. The number of aliphatic carboxylic acids is 1. The highest BCUT2D eigenvalue weighted by Crippen LogP contribution is 2.47. The van der Waals surface area contributed by atoms with Crippen molar-refractivity contribution in [2.45, 2.75) is 25.8 Å². The lowest BCUT2D eigenvalue weighted by Gasteiger charge is -2.21. The first-order chi connectivity index (χ1) is 9.45. The van der Waals surface area contributed by atoms with Gasteiger partial charge in [0.25, 0.3) is 0 Å². The van der Waals surface area contributed by atoms with E-state index in [0.29, 0.717) is 12.5 Å². The first-order valence-corrected chi connectivity index (χ1v) is 7.13. The van der Waals surface area contributed by atoms with Crippen molar-refractivity contribution in [1.82, 2.24) is 9.80 Å². The fourth-order valence-electron chi connectivity index (χ4n) is 2.36. The molecule has 112 valence electrons. The summed E-state index contributed by atoms with van der Waals surface area (Å²) in [5.41, 5.74) is 0. The largest absolute Gasteiger partial charge is 0.480 e. The van der Waals surface area contributed by atoms with E-state index in [1.54, 1.807) is 0 Å². The number of furan rings is 1. The fourth-order valence-corrected chi connectivity index (χ4v) is 2.36. The van der Waals surface area contributed by atoms with E-state index in [4.69, 9.17) is 9.52 Å². The number of likely N-dealkylation sites (N-methyl/N-ethyl adjacent to an activating group) is 1.